The summed E-state index contributed by atoms with van der Waals surface area (Å²) in [6.45, 7) is 4.79. The molecule has 0 radical (unpaired) electrons. The molecule has 0 saturated carbocycles. The summed E-state index contributed by atoms with van der Waals surface area (Å²) in [5, 5.41) is 1.07. The van der Waals surface area contributed by atoms with E-state index in [9.17, 15) is 0 Å². The van der Waals surface area contributed by atoms with Crippen LogP contribution in [0.15, 0.2) is 48.5 Å². The van der Waals surface area contributed by atoms with Gasteiger partial charge < -0.3 is 19.8 Å². The fraction of sp³-hybridized carbons (Fsp3) is 0.263. The molecule has 4 nitrogen and oxygen atoms in total. The van der Waals surface area contributed by atoms with Crippen molar-refractivity contribution in [3.63, 3.8) is 0 Å². The molecule has 3 aromatic rings. The quantitative estimate of drug-likeness (QED) is 0.711. The van der Waals surface area contributed by atoms with Crippen molar-refractivity contribution < 1.29 is 9.47 Å². The molecule has 0 unspecified atom stereocenters. The Balaban J connectivity index is 1.96. The molecule has 120 valence electrons. The summed E-state index contributed by atoms with van der Waals surface area (Å²) in [6, 6.07) is 16.1. The van der Waals surface area contributed by atoms with Gasteiger partial charge in [0.05, 0.1) is 18.3 Å². The van der Waals surface area contributed by atoms with Crippen LogP contribution in [0.1, 0.15) is 25.6 Å². The first kappa shape index (κ1) is 15.3. The van der Waals surface area contributed by atoms with Crippen molar-refractivity contribution in [3.05, 3.63) is 54.2 Å². The van der Waals surface area contributed by atoms with Crippen molar-refractivity contribution in [2.75, 3.05) is 12.8 Å². The third-order valence-electron chi connectivity index (χ3n) is 3.96. The van der Waals surface area contributed by atoms with E-state index < -0.39 is 0 Å². The molecule has 0 spiro atoms. The monoisotopic (exact) mass is 310 g/mol. The highest BCUT2D eigenvalue weighted by atomic mass is 16.5. The van der Waals surface area contributed by atoms with Gasteiger partial charge in [-0.1, -0.05) is 18.2 Å². The average Bonchev–Trinajstić information content (AvgIpc) is 2.93. The second-order valence-corrected chi connectivity index (χ2v) is 5.82. The number of nitrogen functional groups attached to an aromatic ring is 1. The molecule has 0 fully saturated rings. The lowest BCUT2D eigenvalue weighted by Gasteiger charge is -2.16. The van der Waals surface area contributed by atoms with Crippen LogP contribution in [0, 0.1) is 0 Å². The lowest BCUT2D eigenvalue weighted by Crippen LogP contribution is -2.08. The first-order chi connectivity index (χ1) is 11.1. The maximum Gasteiger partial charge on any atom is 0.161 e. The van der Waals surface area contributed by atoms with Gasteiger partial charge in [0, 0.05) is 17.1 Å². The molecular formula is C19H22N2O2. The number of fused-ring (bicyclic) bond motifs is 1. The fourth-order valence-electron chi connectivity index (χ4n) is 2.94. The summed E-state index contributed by atoms with van der Waals surface area (Å²) in [6.07, 6.45) is 0. The number of anilines is 1. The second kappa shape index (κ2) is 6.24. The first-order valence-electron chi connectivity index (χ1n) is 7.76. The molecule has 0 aliphatic rings. The molecule has 0 saturated heterocycles. The lowest BCUT2D eigenvalue weighted by molar-refractivity contribution is 0.274. The summed E-state index contributed by atoms with van der Waals surface area (Å²) < 4.78 is 13.6. The van der Waals surface area contributed by atoms with E-state index in [-0.39, 0.29) is 0 Å². The van der Waals surface area contributed by atoms with E-state index in [1.54, 1.807) is 7.11 Å². The Morgan fingerprint density at radius 2 is 1.78 bits per heavy atom. The van der Waals surface area contributed by atoms with Crippen LogP contribution in [0.4, 0.5) is 5.69 Å². The third-order valence-corrected chi connectivity index (χ3v) is 3.96. The highest BCUT2D eigenvalue weighted by Gasteiger charge is 2.14. The molecule has 0 bridgehead atoms. The van der Waals surface area contributed by atoms with Crippen molar-refractivity contribution in [3.8, 4) is 11.5 Å². The Labute approximate surface area is 136 Å². The van der Waals surface area contributed by atoms with Crippen LogP contribution >= 0.6 is 0 Å². The van der Waals surface area contributed by atoms with Gasteiger partial charge in [0.1, 0.15) is 6.61 Å². The van der Waals surface area contributed by atoms with Crippen LogP contribution in [0.3, 0.4) is 0 Å². The zero-order valence-corrected chi connectivity index (χ0v) is 13.7. The number of rotatable bonds is 5. The third kappa shape index (κ3) is 2.84. The highest BCUT2D eigenvalue weighted by molar-refractivity contribution is 5.92. The van der Waals surface area contributed by atoms with E-state index in [1.807, 2.05) is 36.4 Å². The van der Waals surface area contributed by atoms with Gasteiger partial charge in [-0.05, 0) is 44.2 Å². The van der Waals surface area contributed by atoms with Crippen LogP contribution in [0.2, 0.25) is 0 Å². The predicted octanol–water partition coefficient (Wildman–Crippen LogP) is 4.39. The molecule has 4 heteroatoms. The Bertz CT molecular complexity index is 821. The van der Waals surface area contributed by atoms with Gasteiger partial charge >= 0.3 is 0 Å². The van der Waals surface area contributed by atoms with Crippen LogP contribution in [-0.2, 0) is 6.61 Å². The maximum absolute atomic E-state index is 6.12. The van der Waals surface area contributed by atoms with Gasteiger partial charge in [0.15, 0.2) is 11.5 Å². The number of ether oxygens (including phenoxy) is 2. The van der Waals surface area contributed by atoms with Crippen LogP contribution in [-0.4, -0.2) is 11.7 Å². The Morgan fingerprint density at radius 1 is 1.04 bits per heavy atom. The minimum Gasteiger partial charge on any atom is -0.493 e. The first-order valence-corrected chi connectivity index (χ1v) is 7.76. The smallest absolute Gasteiger partial charge is 0.161 e. The number of para-hydroxylation sites is 2. The average molecular weight is 310 g/mol. The van der Waals surface area contributed by atoms with Gasteiger partial charge in [0.25, 0.3) is 0 Å². The van der Waals surface area contributed by atoms with Gasteiger partial charge in [-0.3, -0.25) is 0 Å². The molecule has 1 aromatic heterocycles. The van der Waals surface area contributed by atoms with E-state index >= 15 is 0 Å². The number of nitrogens with zero attached hydrogens (tertiary/aromatic N) is 1. The zero-order valence-electron chi connectivity index (χ0n) is 13.7. The standard InChI is InChI=1S/C19H22N2O2/c1-13(2)21-14(11-15-16(20)7-6-8-17(15)21)12-23-19-10-5-4-9-18(19)22-3/h4-11,13H,12,20H2,1-3H3. The molecule has 0 aliphatic carbocycles. The number of benzene rings is 2. The lowest BCUT2D eigenvalue weighted by atomic mass is 10.2. The SMILES string of the molecule is COc1ccccc1OCc1cc2c(N)cccc2n1C(C)C. The van der Waals surface area contributed by atoms with Crippen molar-refractivity contribution in [2.45, 2.75) is 26.5 Å². The van der Waals surface area contributed by atoms with Crippen molar-refractivity contribution in [1.82, 2.24) is 4.57 Å². The van der Waals surface area contributed by atoms with Gasteiger partial charge in [-0.25, -0.2) is 0 Å². The van der Waals surface area contributed by atoms with Gasteiger partial charge in [-0.15, -0.1) is 0 Å². The number of hydrogen-bond donors (Lipinski definition) is 1. The van der Waals surface area contributed by atoms with Gasteiger partial charge in [0.2, 0.25) is 0 Å². The Hall–Kier alpha value is -2.62. The van der Waals surface area contributed by atoms with E-state index in [4.69, 9.17) is 15.2 Å². The molecule has 3 rings (SSSR count). The molecule has 2 aromatic carbocycles. The number of nitrogens with two attached hydrogens (primary N) is 1. The van der Waals surface area contributed by atoms with Gasteiger partial charge in [-0.2, -0.15) is 0 Å². The Kier molecular flexibility index (Phi) is 4.15. The van der Waals surface area contributed by atoms with Crippen molar-refractivity contribution in [1.29, 1.82) is 0 Å². The topological polar surface area (TPSA) is 49.4 Å². The molecule has 0 amide bonds. The molecule has 0 aliphatic heterocycles. The summed E-state index contributed by atoms with van der Waals surface area (Å²) in [7, 11) is 1.65. The zero-order chi connectivity index (χ0) is 16.4. The predicted molar refractivity (Wildman–Crippen MR) is 94.1 cm³/mol. The highest BCUT2D eigenvalue weighted by Crippen LogP contribution is 2.31. The van der Waals surface area contributed by atoms with Crippen LogP contribution in [0.25, 0.3) is 10.9 Å². The van der Waals surface area contributed by atoms with Crippen LogP contribution < -0.4 is 15.2 Å². The normalized spacial score (nSPS) is 11.1. The molecule has 0 atom stereocenters. The molecule has 23 heavy (non-hydrogen) atoms. The summed E-state index contributed by atoms with van der Waals surface area (Å²) in [5.74, 6) is 1.47. The number of methoxy groups -OCH3 is 1. The van der Waals surface area contributed by atoms with Crippen molar-refractivity contribution in [2.24, 2.45) is 0 Å². The molecular weight excluding hydrogens is 288 g/mol. The summed E-state index contributed by atoms with van der Waals surface area (Å²) in [5.41, 5.74) is 9.14. The van der Waals surface area contributed by atoms with E-state index in [1.165, 1.54) is 0 Å². The summed E-state index contributed by atoms with van der Waals surface area (Å²) in [4.78, 5) is 0. The largest absolute Gasteiger partial charge is 0.493 e. The minimum atomic E-state index is 0.325. The second-order valence-electron chi connectivity index (χ2n) is 5.82. The number of hydrogen-bond acceptors (Lipinski definition) is 3. The molecule has 1 heterocycles. The number of aromatic nitrogens is 1. The maximum atomic E-state index is 6.12. The summed E-state index contributed by atoms with van der Waals surface area (Å²) >= 11 is 0. The van der Waals surface area contributed by atoms with E-state index in [2.05, 4.69) is 30.5 Å². The van der Waals surface area contributed by atoms with E-state index in [0.29, 0.717) is 12.6 Å². The van der Waals surface area contributed by atoms with E-state index in [0.717, 1.165) is 33.8 Å². The minimum absolute atomic E-state index is 0.325. The van der Waals surface area contributed by atoms with Crippen molar-refractivity contribution >= 4 is 16.6 Å². The molecule has 2 N–H and O–H groups in total. The Morgan fingerprint density at radius 3 is 2.48 bits per heavy atom. The fourth-order valence-corrected chi connectivity index (χ4v) is 2.94. The van der Waals surface area contributed by atoms with Crippen LogP contribution in [0.5, 0.6) is 11.5 Å².